The Hall–Kier alpha value is -0.120. The van der Waals surface area contributed by atoms with Gasteiger partial charge in [0.2, 0.25) is 0 Å². The van der Waals surface area contributed by atoms with Crippen LogP contribution in [0, 0.1) is 11.8 Å². The molecule has 1 heterocycles. The summed E-state index contributed by atoms with van der Waals surface area (Å²) >= 11 is 0. The minimum absolute atomic E-state index is 0.0738. The van der Waals surface area contributed by atoms with Gasteiger partial charge in [-0.1, -0.05) is 0 Å². The van der Waals surface area contributed by atoms with E-state index >= 15 is 0 Å². The van der Waals surface area contributed by atoms with Gasteiger partial charge in [0, 0.05) is 26.1 Å². The predicted octanol–water partition coefficient (Wildman–Crippen LogP) is 2.26. The van der Waals surface area contributed by atoms with Crippen LogP contribution >= 0.6 is 0 Å². The van der Waals surface area contributed by atoms with Crippen LogP contribution in [0.15, 0.2) is 0 Å². The highest BCUT2D eigenvalue weighted by molar-refractivity contribution is 4.82. The van der Waals surface area contributed by atoms with E-state index in [1.807, 2.05) is 0 Å². The molecule has 0 unspecified atom stereocenters. The normalized spacial score (nSPS) is 26.6. The molecule has 1 saturated heterocycles. The maximum atomic E-state index is 5.62. The van der Waals surface area contributed by atoms with Crippen molar-refractivity contribution >= 4 is 0 Å². The molecule has 0 aromatic carbocycles. The topological polar surface area (TPSA) is 21.7 Å². The van der Waals surface area contributed by atoms with Crippen LogP contribution in [0.1, 0.15) is 38.5 Å². The number of hydrogen-bond acceptors (Lipinski definition) is 3. The molecule has 0 bridgehead atoms. The van der Waals surface area contributed by atoms with E-state index in [1.165, 1.54) is 38.8 Å². The molecule has 3 rings (SSSR count). The Bertz CT molecular complexity index is 218. The summed E-state index contributed by atoms with van der Waals surface area (Å²) in [6, 6.07) is 0. The first-order chi connectivity index (χ1) is 8.40. The molecule has 3 aliphatic rings. The lowest BCUT2D eigenvalue weighted by atomic mass is 10.2. The van der Waals surface area contributed by atoms with Crippen LogP contribution in [0.4, 0.5) is 0 Å². The molecule has 98 valence electrons. The molecule has 0 N–H and O–H groups in total. The maximum absolute atomic E-state index is 5.62. The van der Waals surface area contributed by atoms with Gasteiger partial charge in [-0.25, -0.2) is 0 Å². The van der Waals surface area contributed by atoms with Crippen molar-refractivity contribution in [2.75, 3.05) is 32.8 Å². The Kier molecular flexibility index (Phi) is 3.99. The molecule has 17 heavy (non-hydrogen) atoms. The van der Waals surface area contributed by atoms with Gasteiger partial charge >= 0.3 is 0 Å². The molecule has 3 fully saturated rings. The summed E-state index contributed by atoms with van der Waals surface area (Å²) < 4.78 is 11.2. The average molecular weight is 239 g/mol. The van der Waals surface area contributed by atoms with Crippen LogP contribution in [0.25, 0.3) is 0 Å². The fourth-order valence-corrected chi connectivity index (χ4v) is 2.58. The third kappa shape index (κ3) is 4.23. The summed E-state index contributed by atoms with van der Waals surface area (Å²) in [7, 11) is 0. The van der Waals surface area contributed by atoms with E-state index in [-0.39, 0.29) is 6.29 Å². The molecular formula is C14H25NO2. The summed E-state index contributed by atoms with van der Waals surface area (Å²) in [6.45, 7) is 5.58. The van der Waals surface area contributed by atoms with Gasteiger partial charge in [0.25, 0.3) is 0 Å². The SMILES string of the molecule is C1COC(CCN(CC2CC2)CC2CC2)OC1. The lowest BCUT2D eigenvalue weighted by molar-refractivity contribution is -0.182. The van der Waals surface area contributed by atoms with E-state index in [9.17, 15) is 0 Å². The minimum Gasteiger partial charge on any atom is -0.353 e. The minimum atomic E-state index is 0.0738. The number of hydrogen-bond donors (Lipinski definition) is 0. The van der Waals surface area contributed by atoms with Crippen molar-refractivity contribution in [1.29, 1.82) is 0 Å². The van der Waals surface area contributed by atoms with Crippen LogP contribution in [-0.2, 0) is 9.47 Å². The van der Waals surface area contributed by atoms with Crippen molar-refractivity contribution in [3.8, 4) is 0 Å². The number of nitrogens with zero attached hydrogens (tertiary/aromatic N) is 1. The Morgan fingerprint density at radius 1 is 0.882 bits per heavy atom. The summed E-state index contributed by atoms with van der Waals surface area (Å²) in [6.07, 6.45) is 8.01. The smallest absolute Gasteiger partial charge is 0.158 e. The third-order valence-corrected chi connectivity index (χ3v) is 4.00. The van der Waals surface area contributed by atoms with Crippen LogP contribution in [0.2, 0.25) is 0 Å². The van der Waals surface area contributed by atoms with Crippen molar-refractivity contribution in [3.05, 3.63) is 0 Å². The second kappa shape index (κ2) is 5.68. The van der Waals surface area contributed by atoms with E-state index in [1.54, 1.807) is 0 Å². The van der Waals surface area contributed by atoms with E-state index in [2.05, 4.69) is 4.90 Å². The molecule has 1 aliphatic heterocycles. The average Bonchev–Trinajstić information content (AvgIpc) is 3.23. The maximum Gasteiger partial charge on any atom is 0.158 e. The fraction of sp³-hybridized carbons (Fsp3) is 1.00. The van der Waals surface area contributed by atoms with Crippen molar-refractivity contribution in [2.45, 2.75) is 44.8 Å². The highest BCUT2D eigenvalue weighted by Gasteiger charge is 2.29. The molecular weight excluding hydrogens is 214 g/mol. The Balaban J connectivity index is 1.38. The molecule has 0 aromatic rings. The van der Waals surface area contributed by atoms with E-state index in [0.717, 1.165) is 44.4 Å². The second-order valence-corrected chi connectivity index (χ2v) is 5.96. The molecule has 0 atom stereocenters. The van der Waals surface area contributed by atoms with Gasteiger partial charge in [-0.2, -0.15) is 0 Å². The van der Waals surface area contributed by atoms with Crippen molar-refractivity contribution in [1.82, 2.24) is 4.90 Å². The van der Waals surface area contributed by atoms with Gasteiger partial charge in [-0.15, -0.1) is 0 Å². The molecule has 2 saturated carbocycles. The van der Waals surface area contributed by atoms with Crippen LogP contribution in [-0.4, -0.2) is 44.0 Å². The first kappa shape index (κ1) is 11.9. The Labute approximate surface area is 104 Å². The van der Waals surface area contributed by atoms with Gasteiger partial charge in [0.15, 0.2) is 6.29 Å². The second-order valence-electron chi connectivity index (χ2n) is 5.96. The molecule has 0 amide bonds. The molecule has 0 radical (unpaired) electrons. The van der Waals surface area contributed by atoms with Crippen molar-refractivity contribution in [3.63, 3.8) is 0 Å². The standard InChI is InChI=1S/C14H25NO2/c1-8-16-14(17-9-1)6-7-15(10-12-2-3-12)11-13-4-5-13/h12-14H,1-11H2. The number of ether oxygens (including phenoxy) is 2. The first-order valence-corrected chi connectivity index (χ1v) is 7.36. The highest BCUT2D eigenvalue weighted by Crippen LogP contribution is 2.33. The number of rotatable bonds is 7. The molecule has 0 aromatic heterocycles. The predicted molar refractivity (Wildman–Crippen MR) is 66.8 cm³/mol. The van der Waals surface area contributed by atoms with Gasteiger partial charge in [0.1, 0.15) is 0 Å². The van der Waals surface area contributed by atoms with E-state index < -0.39 is 0 Å². The van der Waals surface area contributed by atoms with Gasteiger partial charge < -0.3 is 14.4 Å². The van der Waals surface area contributed by atoms with Crippen molar-refractivity contribution < 1.29 is 9.47 Å². The zero-order chi connectivity index (χ0) is 11.5. The first-order valence-electron chi connectivity index (χ1n) is 7.36. The lowest BCUT2D eigenvalue weighted by Gasteiger charge is -2.27. The largest absolute Gasteiger partial charge is 0.353 e. The highest BCUT2D eigenvalue weighted by atomic mass is 16.7. The van der Waals surface area contributed by atoms with Crippen molar-refractivity contribution in [2.24, 2.45) is 11.8 Å². The Morgan fingerprint density at radius 3 is 2.00 bits per heavy atom. The summed E-state index contributed by atoms with van der Waals surface area (Å²) in [5, 5.41) is 0. The van der Waals surface area contributed by atoms with Gasteiger partial charge in [-0.05, 0) is 43.9 Å². The summed E-state index contributed by atoms with van der Waals surface area (Å²) in [4.78, 5) is 2.66. The lowest BCUT2D eigenvalue weighted by Crippen LogP contribution is -2.34. The quantitative estimate of drug-likeness (QED) is 0.680. The van der Waals surface area contributed by atoms with Gasteiger partial charge in [0.05, 0.1) is 13.2 Å². The summed E-state index contributed by atoms with van der Waals surface area (Å²) in [5.74, 6) is 2.00. The van der Waals surface area contributed by atoms with Gasteiger partial charge in [-0.3, -0.25) is 0 Å². The molecule has 3 heteroatoms. The monoisotopic (exact) mass is 239 g/mol. The fourth-order valence-electron chi connectivity index (χ4n) is 2.58. The Morgan fingerprint density at radius 2 is 1.47 bits per heavy atom. The molecule has 2 aliphatic carbocycles. The third-order valence-electron chi connectivity index (χ3n) is 4.00. The van der Waals surface area contributed by atoms with E-state index in [4.69, 9.17) is 9.47 Å². The van der Waals surface area contributed by atoms with Crippen LogP contribution < -0.4 is 0 Å². The van der Waals surface area contributed by atoms with Crippen LogP contribution in [0.5, 0.6) is 0 Å². The zero-order valence-corrected chi connectivity index (χ0v) is 10.8. The van der Waals surface area contributed by atoms with Crippen LogP contribution in [0.3, 0.4) is 0 Å². The van der Waals surface area contributed by atoms with E-state index in [0.29, 0.717) is 0 Å². The molecule has 0 spiro atoms. The zero-order valence-electron chi connectivity index (χ0n) is 10.8. The summed E-state index contributed by atoms with van der Waals surface area (Å²) in [5.41, 5.74) is 0. The molecule has 3 nitrogen and oxygen atoms in total.